The predicted octanol–water partition coefficient (Wildman–Crippen LogP) is 17.0. The summed E-state index contributed by atoms with van der Waals surface area (Å²) in [5, 5.41) is 15.4. The first kappa shape index (κ1) is 47.4. The van der Waals surface area contributed by atoms with Crippen LogP contribution in [0.1, 0.15) is 133 Å². The maximum Gasteiger partial charge on any atom is 0.357 e. The Bertz CT molecular complexity index is 3010. The lowest BCUT2D eigenvalue weighted by molar-refractivity contribution is -0.129. The number of carboxylic acids is 1. The minimum Gasteiger partial charge on any atom is -0.476 e. The number of rotatable bonds is 19. The zero-order chi connectivity index (χ0) is 49.1. The molecule has 7 aromatic rings. The molecule has 1 N–H and O–H groups in total. The number of fused-ring (bicyclic) bond motifs is 6. The number of carboxylic acid groups (broad SMARTS) is 1. The van der Waals surface area contributed by atoms with E-state index in [-0.39, 0.29) is 22.1 Å². The molecule has 1 amide bonds. The van der Waals surface area contributed by atoms with E-state index in [0.29, 0.717) is 11.3 Å². The third-order valence-corrected chi connectivity index (χ3v) is 15.6. The van der Waals surface area contributed by atoms with Crippen molar-refractivity contribution in [2.24, 2.45) is 5.10 Å². The highest BCUT2D eigenvalue weighted by Crippen LogP contribution is 2.58. The minimum atomic E-state index is -1.25. The van der Waals surface area contributed by atoms with Crippen molar-refractivity contribution in [1.29, 1.82) is 0 Å². The molecule has 6 nitrogen and oxygen atoms in total. The summed E-state index contributed by atoms with van der Waals surface area (Å²) in [6.07, 6.45) is 15.5. The number of hydrogen-bond acceptors (Lipinski definition) is 4. The van der Waals surface area contributed by atoms with Gasteiger partial charge in [-0.05, 0) is 141 Å². The Morgan fingerprint density at radius 1 is 0.521 bits per heavy atom. The maximum absolute atomic E-state index is 13.5. The topological polar surface area (TPSA) is 73.2 Å². The van der Waals surface area contributed by atoms with Crippen molar-refractivity contribution in [3.05, 3.63) is 197 Å². The summed E-state index contributed by atoms with van der Waals surface area (Å²) in [4.78, 5) is 28.3. The molecule has 0 saturated carbocycles. The lowest BCUT2D eigenvalue weighted by Crippen LogP contribution is -2.26. The third kappa shape index (κ3) is 8.51. The molecule has 0 fully saturated rings. The SMILES string of the molecule is CCCCC1(CCCC)c2ccccc2-c2ccc(N(c3ccc(-c4ccc(C=C5C(=O)N(c6ccccc6)N=C5C(=O)O)cc4)cc3)c3ccc4c(c3)C(CCCC)(CCCC)c3ccccc3-4)cc21. The summed E-state index contributed by atoms with van der Waals surface area (Å²) in [6.45, 7) is 9.28. The number of para-hydroxylation sites is 1. The average Bonchev–Trinajstić information content (AvgIpc) is 3.99. The Balaban J connectivity index is 1.06. The van der Waals surface area contributed by atoms with Gasteiger partial charge in [0.15, 0.2) is 5.71 Å². The van der Waals surface area contributed by atoms with Crippen LogP contribution in [0.15, 0.2) is 174 Å². The molecule has 0 atom stereocenters. The lowest BCUT2D eigenvalue weighted by atomic mass is 9.70. The van der Waals surface area contributed by atoms with Crippen molar-refractivity contribution in [1.82, 2.24) is 0 Å². The monoisotopic (exact) mass is 936 g/mol. The zero-order valence-corrected chi connectivity index (χ0v) is 41.8. The van der Waals surface area contributed by atoms with Gasteiger partial charge in [-0.2, -0.15) is 10.1 Å². The standard InChI is InChI=1S/C65H65N3O3/c1-5-9-38-64(39-10-6-2)57-24-18-16-22-52(57)54-36-34-50(43-59(54)64)67(51-35-37-55-53-23-17-19-25-58(53)65(40-11-7-3,41-12-8-4)60(55)44-51)48-32-30-47(31-33-48)46-28-26-45(27-29-46)42-56-61(63(70)71)66-68(62(56)69)49-20-14-13-15-21-49/h13-37,42-44H,5-12,38-41H2,1-4H3,(H,70,71). The number of hydrogen-bond donors (Lipinski definition) is 1. The second kappa shape index (κ2) is 20.2. The minimum absolute atomic E-state index is 0.0466. The number of anilines is 4. The van der Waals surface area contributed by atoms with Gasteiger partial charge < -0.3 is 10.0 Å². The molecule has 7 aromatic carbocycles. The van der Waals surface area contributed by atoms with Crippen LogP contribution in [0.25, 0.3) is 39.5 Å². The van der Waals surface area contributed by atoms with E-state index in [4.69, 9.17) is 0 Å². The molecular formula is C65H65N3O3. The van der Waals surface area contributed by atoms with Crippen molar-refractivity contribution in [3.8, 4) is 33.4 Å². The van der Waals surface area contributed by atoms with E-state index in [1.165, 1.54) is 81.6 Å². The molecule has 0 spiro atoms. The van der Waals surface area contributed by atoms with E-state index in [0.717, 1.165) is 73.2 Å². The van der Waals surface area contributed by atoms with E-state index >= 15 is 0 Å². The Morgan fingerprint density at radius 3 is 1.41 bits per heavy atom. The lowest BCUT2D eigenvalue weighted by Gasteiger charge is -2.35. The number of carbonyl (C=O) groups is 2. The van der Waals surface area contributed by atoms with Gasteiger partial charge in [0.1, 0.15) is 0 Å². The molecule has 0 radical (unpaired) electrons. The van der Waals surface area contributed by atoms with E-state index in [1.807, 2.05) is 30.3 Å². The van der Waals surface area contributed by atoms with Gasteiger partial charge >= 0.3 is 5.97 Å². The molecule has 0 saturated heterocycles. The van der Waals surface area contributed by atoms with Gasteiger partial charge in [0, 0.05) is 27.9 Å². The molecule has 10 rings (SSSR count). The fraction of sp³-hybridized carbons (Fsp3) is 0.277. The maximum atomic E-state index is 13.5. The van der Waals surface area contributed by atoms with Crippen LogP contribution in [-0.4, -0.2) is 22.7 Å². The van der Waals surface area contributed by atoms with Crippen molar-refractivity contribution >= 4 is 46.4 Å². The second-order valence-electron chi connectivity index (χ2n) is 19.9. The molecule has 0 bridgehead atoms. The van der Waals surface area contributed by atoms with Crippen molar-refractivity contribution in [3.63, 3.8) is 0 Å². The first-order valence-electron chi connectivity index (χ1n) is 26.2. The Hall–Kier alpha value is -7.31. The van der Waals surface area contributed by atoms with Gasteiger partial charge in [-0.1, -0.05) is 194 Å². The summed E-state index contributed by atoms with van der Waals surface area (Å²) < 4.78 is 0. The highest BCUT2D eigenvalue weighted by Gasteiger charge is 2.44. The normalized spacial score (nSPS) is 15.3. The van der Waals surface area contributed by atoms with Crippen LogP contribution in [0.3, 0.4) is 0 Å². The second-order valence-corrected chi connectivity index (χ2v) is 19.9. The summed E-state index contributed by atoms with van der Waals surface area (Å²) in [5.41, 5.74) is 17.8. The van der Waals surface area contributed by atoms with E-state index < -0.39 is 11.9 Å². The quantitative estimate of drug-likeness (QED) is 0.0820. The molecule has 3 aliphatic rings. The van der Waals surface area contributed by atoms with Crippen LogP contribution in [-0.2, 0) is 20.4 Å². The first-order valence-corrected chi connectivity index (χ1v) is 26.2. The molecule has 71 heavy (non-hydrogen) atoms. The fourth-order valence-electron chi connectivity index (χ4n) is 12.0. The Kier molecular flexibility index (Phi) is 13.5. The molecule has 6 heteroatoms. The van der Waals surface area contributed by atoms with Gasteiger partial charge in [-0.25, -0.2) is 4.79 Å². The van der Waals surface area contributed by atoms with Gasteiger partial charge in [-0.15, -0.1) is 0 Å². The highest BCUT2D eigenvalue weighted by molar-refractivity contribution is 6.53. The Labute approximate surface area is 420 Å². The van der Waals surface area contributed by atoms with Gasteiger partial charge in [-0.3, -0.25) is 4.79 Å². The first-order chi connectivity index (χ1) is 34.7. The number of unbranched alkanes of at least 4 members (excludes halogenated alkanes) is 4. The smallest absolute Gasteiger partial charge is 0.357 e. The van der Waals surface area contributed by atoms with Crippen LogP contribution in [0.5, 0.6) is 0 Å². The van der Waals surface area contributed by atoms with Crippen LogP contribution in [0.2, 0.25) is 0 Å². The molecule has 358 valence electrons. The summed E-state index contributed by atoms with van der Waals surface area (Å²) >= 11 is 0. The molecular weight excluding hydrogens is 871 g/mol. The van der Waals surface area contributed by atoms with Gasteiger partial charge in [0.25, 0.3) is 5.91 Å². The zero-order valence-electron chi connectivity index (χ0n) is 41.8. The summed E-state index contributed by atoms with van der Waals surface area (Å²) in [6, 6.07) is 58.7. The fourth-order valence-corrected chi connectivity index (χ4v) is 12.0. The number of aliphatic carboxylic acids is 1. The molecule has 2 aliphatic carbocycles. The van der Waals surface area contributed by atoms with Gasteiger partial charge in [0.05, 0.1) is 11.3 Å². The van der Waals surface area contributed by atoms with Crippen molar-refractivity contribution in [2.75, 3.05) is 9.91 Å². The van der Waals surface area contributed by atoms with Crippen LogP contribution < -0.4 is 9.91 Å². The van der Waals surface area contributed by atoms with E-state index in [2.05, 4.69) is 147 Å². The number of nitrogens with zero attached hydrogens (tertiary/aromatic N) is 3. The third-order valence-electron chi connectivity index (χ3n) is 15.6. The number of benzene rings is 7. The number of hydrazone groups is 1. The van der Waals surface area contributed by atoms with Crippen LogP contribution in [0.4, 0.5) is 22.7 Å². The number of amides is 1. The molecule has 1 heterocycles. The van der Waals surface area contributed by atoms with Crippen LogP contribution in [0, 0.1) is 0 Å². The van der Waals surface area contributed by atoms with E-state index in [9.17, 15) is 14.7 Å². The van der Waals surface area contributed by atoms with Crippen molar-refractivity contribution < 1.29 is 14.7 Å². The van der Waals surface area contributed by atoms with Crippen LogP contribution >= 0.6 is 0 Å². The number of carbonyl (C=O) groups excluding carboxylic acids is 1. The highest BCUT2D eigenvalue weighted by atomic mass is 16.4. The van der Waals surface area contributed by atoms with Gasteiger partial charge in [0.2, 0.25) is 0 Å². The van der Waals surface area contributed by atoms with Crippen molar-refractivity contribution in [2.45, 2.75) is 116 Å². The Morgan fingerprint density at radius 2 is 0.944 bits per heavy atom. The summed E-state index contributed by atoms with van der Waals surface area (Å²) in [5.74, 6) is -1.72. The molecule has 0 unspecified atom stereocenters. The van der Waals surface area contributed by atoms with E-state index in [1.54, 1.807) is 30.3 Å². The average molecular weight is 936 g/mol. The largest absolute Gasteiger partial charge is 0.476 e. The predicted molar refractivity (Wildman–Crippen MR) is 294 cm³/mol. The molecule has 1 aliphatic heterocycles. The summed E-state index contributed by atoms with van der Waals surface area (Å²) in [7, 11) is 0. The molecule has 0 aromatic heterocycles.